The second-order valence-electron chi connectivity index (χ2n) is 6.54. The van der Waals surface area contributed by atoms with Crippen LogP contribution in [-0.4, -0.2) is 28.9 Å². The maximum atomic E-state index is 12.9. The fourth-order valence-corrected chi connectivity index (χ4v) is 3.37. The Morgan fingerprint density at radius 1 is 1.21 bits per heavy atom. The Morgan fingerprint density at radius 2 is 2.04 bits per heavy atom. The highest BCUT2D eigenvalue weighted by Gasteiger charge is 2.23. The van der Waals surface area contributed by atoms with E-state index in [0.29, 0.717) is 18.8 Å². The lowest BCUT2D eigenvalue weighted by Gasteiger charge is -2.33. The molecule has 0 saturated carbocycles. The molecule has 3 nitrogen and oxygen atoms in total. The van der Waals surface area contributed by atoms with Crippen LogP contribution >= 0.6 is 0 Å². The number of pyridine rings is 1. The maximum Gasteiger partial charge on any atom is 0.222 e. The van der Waals surface area contributed by atoms with Gasteiger partial charge >= 0.3 is 0 Å². The quantitative estimate of drug-likeness (QED) is 0.840. The van der Waals surface area contributed by atoms with Crippen molar-refractivity contribution in [3.8, 4) is 0 Å². The van der Waals surface area contributed by atoms with Gasteiger partial charge in [-0.05, 0) is 60.9 Å². The molecule has 126 valence electrons. The Morgan fingerprint density at radius 3 is 2.79 bits per heavy atom. The lowest BCUT2D eigenvalue weighted by molar-refractivity contribution is -0.132. The summed E-state index contributed by atoms with van der Waals surface area (Å²) in [5.74, 6) is 0.479. The number of halogens is 1. The molecular formula is C20H23FN2O. The van der Waals surface area contributed by atoms with E-state index in [4.69, 9.17) is 0 Å². The van der Waals surface area contributed by atoms with Gasteiger partial charge in [0.15, 0.2) is 0 Å². The van der Waals surface area contributed by atoms with Gasteiger partial charge in [0.05, 0.1) is 0 Å². The van der Waals surface area contributed by atoms with E-state index in [1.54, 1.807) is 18.3 Å². The first-order valence-electron chi connectivity index (χ1n) is 8.62. The van der Waals surface area contributed by atoms with Gasteiger partial charge in [-0.3, -0.25) is 9.78 Å². The molecule has 0 spiro atoms. The lowest BCUT2D eigenvalue weighted by Crippen LogP contribution is -2.40. The fraction of sp³-hybridized carbons (Fsp3) is 0.400. The van der Waals surface area contributed by atoms with E-state index in [9.17, 15) is 9.18 Å². The molecule has 24 heavy (non-hydrogen) atoms. The van der Waals surface area contributed by atoms with Crippen LogP contribution in [0.1, 0.15) is 30.4 Å². The molecule has 1 aliphatic rings. The number of carbonyl (C=O) groups is 1. The van der Waals surface area contributed by atoms with Crippen LogP contribution in [0.25, 0.3) is 0 Å². The van der Waals surface area contributed by atoms with Crippen LogP contribution in [0.3, 0.4) is 0 Å². The molecule has 4 heteroatoms. The lowest BCUT2D eigenvalue weighted by atomic mass is 9.91. The summed E-state index contributed by atoms with van der Waals surface area (Å²) in [6.45, 7) is 1.68. The van der Waals surface area contributed by atoms with Crippen molar-refractivity contribution in [3.05, 3.63) is 65.7 Å². The molecule has 2 heterocycles. The van der Waals surface area contributed by atoms with E-state index in [0.717, 1.165) is 37.9 Å². The van der Waals surface area contributed by atoms with Gasteiger partial charge in [0.25, 0.3) is 0 Å². The predicted molar refractivity (Wildman–Crippen MR) is 92.0 cm³/mol. The van der Waals surface area contributed by atoms with Crippen molar-refractivity contribution in [1.29, 1.82) is 0 Å². The summed E-state index contributed by atoms with van der Waals surface area (Å²) in [4.78, 5) is 18.6. The molecule has 1 aliphatic heterocycles. The minimum absolute atomic E-state index is 0.204. The first-order chi connectivity index (χ1) is 11.7. The van der Waals surface area contributed by atoms with Crippen molar-refractivity contribution in [2.24, 2.45) is 5.92 Å². The van der Waals surface area contributed by atoms with Crippen LogP contribution in [0, 0.1) is 11.7 Å². The zero-order valence-corrected chi connectivity index (χ0v) is 13.8. The molecule has 0 radical (unpaired) electrons. The van der Waals surface area contributed by atoms with Crippen molar-refractivity contribution in [3.63, 3.8) is 0 Å². The minimum Gasteiger partial charge on any atom is -0.342 e. The van der Waals surface area contributed by atoms with Crippen LogP contribution in [0.4, 0.5) is 4.39 Å². The van der Waals surface area contributed by atoms with Crippen LogP contribution in [0.15, 0.2) is 48.8 Å². The molecule has 0 unspecified atom stereocenters. The second kappa shape index (κ2) is 8.04. The fourth-order valence-electron chi connectivity index (χ4n) is 3.37. The summed E-state index contributed by atoms with van der Waals surface area (Å²) in [5, 5.41) is 0. The molecule has 0 aliphatic carbocycles. The number of nitrogens with zero attached hydrogens (tertiary/aromatic N) is 2. The van der Waals surface area contributed by atoms with Gasteiger partial charge in [0.2, 0.25) is 5.91 Å². The summed E-state index contributed by atoms with van der Waals surface area (Å²) in [6, 6.07) is 10.5. The molecular weight excluding hydrogens is 303 g/mol. The van der Waals surface area contributed by atoms with E-state index in [1.807, 2.05) is 17.2 Å². The number of aromatic nitrogens is 1. The Kier molecular flexibility index (Phi) is 5.57. The number of carbonyl (C=O) groups excluding carboxylic acids is 1. The summed E-state index contributed by atoms with van der Waals surface area (Å²) >= 11 is 0. The molecule has 0 bridgehead atoms. The van der Waals surface area contributed by atoms with Gasteiger partial charge in [-0.15, -0.1) is 0 Å². The monoisotopic (exact) mass is 326 g/mol. The van der Waals surface area contributed by atoms with E-state index in [-0.39, 0.29) is 11.7 Å². The molecule has 3 rings (SSSR count). The molecule has 0 N–H and O–H groups in total. The molecule has 1 saturated heterocycles. The SMILES string of the molecule is O=C(CCc1ccc(F)cc1)N1CCC[C@@H](Cc2cccnc2)C1. The average Bonchev–Trinajstić information content (AvgIpc) is 2.62. The Hall–Kier alpha value is -2.23. The van der Waals surface area contributed by atoms with E-state index in [1.165, 1.54) is 17.7 Å². The number of likely N-dealkylation sites (tertiary alicyclic amines) is 1. The van der Waals surface area contributed by atoms with E-state index < -0.39 is 0 Å². The van der Waals surface area contributed by atoms with Crippen LogP contribution < -0.4 is 0 Å². The Balaban J connectivity index is 1.50. The highest BCUT2D eigenvalue weighted by molar-refractivity contribution is 5.76. The number of aryl methyl sites for hydroxylation is 1. The number of hydrogen-bond acceptors (Lipinski definition) is 2. The molecule has 1 aromatic carbocycles. The van der Waals surface area contributed by atoms with Gasteiger partial charge in [-0.1, -0.05) is 18.2 Å². The highest BCUT2D eigenvalue weighted by atomic mass is 19.1. The van der Waals surface area contributed by atoms with Crippen molar-refractivity contribution in [1.82, 2.24) is 9.88 Å². The smallest absolute Gasteiger partial charge is 0.222 e. The zero-order chi connectivity index (χ0) is 16.8. The number of rotatable bonds is 5. The number of piperidine rings is 1. The van der Waals surface area contributed by atoms with Crippen LogP contribution in [-0.2, 0) is 17.6 Å². The van der Waals surface area contributed by atoms with Crippen LogP contribution in [0.5, 0.6) is 0 Å². The number of amides is 1. The summed E-state index contributed by atoms with van der Waals surface area (Å²) in [6.07, 6.45) is 8.07. The summed E-state index contributed by atoms with van der Waals surface area (Å²) < 4.78 is 12.9. The largest absolute Gasteiger partial charge is 0.342 e. The number of benzene rings is 1. The second-order valence-corrected chi connectivity index (χ2v) is 6.54. The van der Waals surface area contributed by atoms with Gasteiger partial charge in [0, 0.05) is 31.9 Å². The third-order valence-corrected chi connectivity index (χ3v) is 4.66. The topological polar surface area (TPSA) is 33.2 Å². The third kappa shape index (κ3) is 4.63. The van der Waals surface area contributed by atoms with Gasteiger partial charge in [-0.2, -0.15) is 0 Å². The Bertz CT molecular complexity index is 657. The third-order valence-electron chi connectivity index (χ3n) is 4.66. The molecule has 2 aromatic rings. The standard InChI is InChI=1S/C20H23FN2O/c21-19-8-5-16(6-9-19)7-10-20(24)23-12-2-4-18(15-23)13-17-3-1-11-22-14-17/h1,3,5-6,8-9,11,14,18H,2,4,7,10,12-13,15H2/t18-/m0/s1. The van der Waals surface area contributed by atoms with E-state index in [2.05, 4.69) is 11.1 Å². The molecule has 1 fully saturated rings. The first kappa shape index (κ1) is 16.6. The normalized spacial score (nSPS) is 17.7. The van der Waals surface area contributed by atoms with Gasteiger partial charge < -0.3 is 4.90 Å². The van der Waals surface area contributed by atoms with Crippen molar-refractivity contribution in [2.75, 3.05) is 13.1 Å². The van der Waals surface area contributed by atoms with Crippen molar-refractivity contribution < 1.29 is 9.18 Å². The highest BCUT2D eigenvalue weighted by Crippen LogP contribution is 2.21. The first-order valence-corrected chi connectivity index (χ1v) is 8.62. The van der Waals surface area contributed by atoms with Crippen LogP contribution in [0.2, 0.25) is 0 Å². The zero-order valence-electron chi connectivity index (χ0n) is 13.8. The summed E-state index contributed by atoms with van der Waals surface area (Å²) in [5.41, 5.74) is 2.25. The molecule has 1 aromatic heterocycles. The summed E-state index contributed by atoms with van der Waals surface area (Å²) in [7, 11) is 0. The minimum atomic E-state index is -0.237. The Labute approximate surface area is 142 Å². The van der Waals surface area contributed by atoms with Gasteiger partial charge in [-0.25, -0.2) is 4.39 Å². The molecule has 1 atom stereocenters. The van der Waals surface area contributed by atoms with E-state index >= 15 is 0 Å². The van der Waals surface area contributed by atoms with Crippen molar-refractivity contribution in [2.45, 2.75) is 32.1 Å². The predicted octanol–water partition coefficient (Wildman–Crippen LogP) is 3.63. The van der Waals surface area contributed by atoms with Crippen molar-refractivity contribution >= 4 is 5.91 Å². The van der Waals surface area contributed by atoms with Gasteiger partial charge in [0.1, 0.15) is 5.82 Å². The molecule has 1 amide bonds. The number of hydrogen-bond donors (Lipinski definition) is 0. The maximum absolute atomic E-state index is 12.9. The average molecular weight is 326 g/mol.